The molecule has 0 radical (unpaired) electrons. The highest BCUT2D eigenvalue weighted by atomic mass is 16.5. The summed E-state index contributed by atoms with van der Waals surface area (Å²) in [7, 11) is 1.65. The highest BCUT2D eigenvalue weighted by molar-refractivity contribution is 5.57. The summed E-state index contributed by atoms with van der Waals surface area (Å²) in [5, 5.41) is 8.85. The molecule has 0 unspecified atom stereocenters. The predicted octanol–water partition coefficient (Wildman–Crippen LogP) is 3.48. The number of hydrogen-bond acceptors (Lipinski definition) is 3. The molecule has 3 aromatic rings. The van der Waals surface area contributed by atoms with Crippen molar-refractivity contribution >= 4 is 0 Å². The van der Waals surface area contributed by atoms with E-state index >= 15 is 0 Å². The molecule has 1 heterocycles. The third-order valence-corrected chi connectivity index (χ3v) is 3.50. The van der Waals surface area contributed by atoms with Crippen LogP contribution in [0, 0.1) is 11.3 Å². The molecule has 0 saturated heterocycles. The molecule has 1 aromatic heterocycles. The van der Waals surface area contributed by atoms with Gasteiger partial charge in [-0.1, -0.05) is 12.1 Å². The van der Waals surface area contributed by atoms with Crippen molar-refractivity contribution < 1.29 is 4.74 Å². The average molecular weight is 289 g/mol. The van der Waals surface area contributed by atoms with E-state index in [1.807, 2.05) is 54.7 Å². The molecule has 108 valence electrons. The van der Waals surface area contributed by atoms with Crippen LogP contribution in [0.4, 0.5) is 0 Å². The van der Waals surface area contributed by atoms with E-state index < -0.39 is 0 Å². The minimum Gasteiger partial charge on any atom is -0.497 e. The van der Waals surface area contributed by atoms with Gasteiger partial charge in [-0.05, 0) is 42.0 Å². The van der Waals surface area contributed by atoms with Gasteiger partial charge >= 0.3 is 0 Å². The minimum absolute atomic E-state index is 0.671. The van der Waals surface area contributed by atoms with Crippen LogP contribution < -0.4 is 4.74 Å². The van der Waals surface area contributed by atoms with E-state index in [1.165, 1.54) is 0 Å². The summed E-state index contributed by atoms with van der Waals surface area (Å²) in [6.07, 6.45) is 3.75. The van der Waals surface area contributed by atoms with Gasteiger partial charge in [-0.15, -0.1) is 0 Å². The van der Waals surface area contributed by atoms with Crippen LogP contribution in [0.3, 0.4) is 0 Å². The molecule has 0 spiro atoms. The molecular formula is C18H15N3O. The van der Waals surface area contributed by atoms with Crippen molar-refractivity contribution in [1.82, 2.24) is 9.55 Å². The molecule has 0 fully saturated rings. The molecule has 0 saturated carbocycles. The second-order valence-electron chi connectivity index (χ2n) is 4.92. The number of hydrogen-bond donors (Lipinski definition) is 0. The van der Waals surface area contributed by atoms with Crippen molar-refractivity contribution in [3.8, 4) is 23.2 Å². The molecular weight excluding hydrogens is 274 g/mol. The molecule has 0 aliphatic heterocycles. The lowest BCUT2D eigenvalue weighted by Gasteiger charge is -2.09. The number of benzene rings is 2. The Morgan fingerprint density at radius 2 is 1.82 bits per heavy atom. The number of aromatic nitrogens is 2. The lowest BCUT2D eigenvalue weighted by Crippen LogP contribution is -2.01. The fourth-order valence-electron chi connectivity index (χ4n) is 2.32. The Bertz CT molecular complexity index is 796. The van der Waals surface area contributed by atoms with E-state index in [9.17, 15) is 0 Å². The Morgan fingerprint density at radius 3 is 2.45 bits per heavy atom. The second kappa shape index (κ2) is 6.15. The Labute approximate surface area is 129 Å². The van der Waals surface area contributed by atoms with Gasteiger partial charge in [-0.25, -0.2) is 4.98 Å². The van der Waals surface area contributed by atoms with Crippen LogP contribution in [-0.2, 0) is 6.54 Å². The van der Waals surface area contributed by atoms with Gasteiger partial charge in [0.05, 0.1) is 18.7 Å². The number of rotatable bonds is 4. The zero-order chi connectivity index (χ0) is 15.4. The molecule has 22 heavy (non-hydrogen) atoms. The predicted molar refractivity (Wildman–Crippen MR) is 84.5 cm³/mol. The van der Waals surface area contributed by atoms with Crippen LogP contribution in [0.15, 0.2) is 60.9 Å². The van der Waals surface area contributed by atoms with E-state index in [0.717, 1.165) is 22.7 Å². The maximum absolute atomic E-state index is 8.85. The van der Waals surface area contributed by atoms with Crippen LogP contribution in [0.2, 0.25) is 0 Å². The monoisotopic (exact) mass is 289 g/mol. The summed E-state index contributed by atoms with van der Waals surface area (Å²) < 4.78 is 7.27. The lowest BCUT2D eigenvalue weighted by atomic mass is 10.1. The van der Waals surface area contributed by atoms with Gasteiger partial charge in [0.2, 0.25) is 0 Å². The molecule has 4 heteroatoms. The zero-order valence-corrected chi connectivity index (χ0v) is 12.2. The van der Waals surface area contributed by atoms with Gasteiger partial charge in [-0.3, -0.25) is 0 Å². The van der Waals surface area contributed by atoms with Gasteiger partial charge in [0.25, 0.3) is 0 Å². The quantitative estimate of drug-likeness (QED) is 0.739. The first kappa shape index (κ1) is 13.9. The SMILES string of the molecule is COc1ccc(-c2nccn2Cc2ccc(C#N)cc2)cc1. The van der Waals surface area contributed by atoms with Gasteiger partial charge in [0.15, 0.2) is 0 Å². The van der Waals surface area contributed by atoms with Crippen LogP contribution in [0.5, 0.6) is 5.75 Å². The van der Waals surface area contributed by atoms with Crippen molar-refractivity contribution in [1.29, 1.82) is 5.26 Å². The third kappa shape index (κ3) is 2.84. The average Bonchev–Trinajstić information content (AvgIpc) is 3.04. The van der Waals surface area contributed by atoms with E-state index in [4.69, 9.17) is 10.00 Å². The molecule has 0 amide bonds. The van der Waals surface area contributed by atoms with Crippen LogP contribution in [0.1, 0.15) is 11.1 Å². The van der Waals surface area contributed by atoms with Crippen LogP contribution in [0.25, 0.3) is 11.4 Å². The van der Waals surface area contributed by atoms with Crippen LogP contribution >= 0.6 is 0 Å². The van der Waals surface area contributed by atoms with E-state index in [-0.39, 0.29) is 0 Å². The van der Waals surface area contributed by atoms with Gasteiger partial charge in [-0.2, -0.15) is 5.26 Å². The number of methoxy groups -OCH3 is 1. The minimum atomic E-state index is 0.671. The molecule has 2 aromatic carbocycles. The Hall–Kier alpha value is -3.06. The van der Waals surface area contributed by atoms with Crippen molar-refractivity contribution in [3.63, 3.8) is 0 Å². The maximum Gasteiger partial charge on any atom is 0.140 e. The molecule has 0 bridgehead atoms. The molecule has 0 aliphatic rings. The summed E-state index contributed by atoms with van der Waals surface area (Å²) in [5.41, 5.74) is 2.84. The molecule has 0 aliphatic carbocycles. The van der Waals surface area contributed by atoms with E-state index in [0.29, 0.717) is 12.1 Å². The van der Waals surface area contributed by atoms with Crippen molar-refractivity contribution in [2.24, 2.45) is 0 Å². The van der Waals surface area contributed by atoms with Crippen molar-refractivity contribution in [2.75, 3.05) is 7.11 Å². The smallest absolute Gasteiger partial charge is 0.140 e. The summed E-state index contributed by atoms with van der Waals surface area (Å²) in [5.74, 6) is 1.74. The molecule has 0 atom stereocenters. The summed E-state index contributed by atoms with van der Waals surface area (Å²) in [4.78, 5) is 4.44. The topological polar surface area (TPSA) is 50.8 Å². The summed E-state index contributed by atoms with van der Waals surface area (Å²) in [6, 6.07) is 17.6. The van der Waals surface area contributed by atoms with E-state index in [2.05, 4.69) is 15.6 Å². The number of nitrogens with zero attached hydrogens (tertiary/aromatic N) is 3. The Balaban J connectivity index is 1.86. The summed E-state index contributed by atoms with van der Waals surface area (Å²) >= 11 is 0. The third-order valence-electron chi connectivity index (χ3n) is 3.50. The van der Waals surface area contributed by atoms with Crippen LogP contribution in [-0.4, -0.2) is 16.7 Å². The largest absolute Gasteiger partial charge is 0.497 e. The van der Waals surface area contributed by atoms with E-state index in [1.54, 1.807) is 13.3 Å². The summed E-state index contributed by atoms with van der Waals surface area (Å²) in [6.45, 7) is 0.715. The highest BCUT2D eigenvalue weighted by Crippen LogP contribution is 2.21. The Morgan fingerprint density at radius 1 is 1.09 bits per heavy atom. The number of imidazole rings is 1. The number of ether oxygens (including phenoxy) is 1. The first-order chi connectivity index (χ1) is 10.8. The number of nitriles is 1. The molecule has 4 nitrogen and oxygen atoms in total. The standard InChI is InChI=1S/C18H15N3O/c1-22-17-8-6-16(7-9-17)18-20-10-11-21(18)13-15-4-2-14(12-19)3-5-15/h2-11H,13H2,1H3. The zero-order valence-electron chi connectivity index (χ0n) is 12.2. The van der Waals surface area contributed by atoms with Gasteiger partial charge < -0.3 is 9.30 Å². The highest BCUT2D eigenvalue weighted by Gasteiger charge is 2.07. The first-order valence-corrected chi connectivity index (χ1v) is 6.95. The Kier molecular flexibility index (Phi) is 3.88. The first-order valence-electron chi connectivity index (χ1n) is 6.95. The second-order valence-corrected chi connectivity index (χ2v) is 4.92. The van der Waals surface area contributed by atoms with Crippen molar-refractivity contribution in [2.45, 2.75) is 6.54 Å². The molecule has 3 rings (SSSR count). The lowest BCUT2D eigenvalue weighted by molar-refractivity contribution is 0.415. The maximum atomic E-state index is 8.85. The fraction of sp³-hybridized carbons (Fsp3) is 0.111. The van der Waals surface area contributed by atoms with Gasteiger partial charge in [0, 0.05) is 24.5 Å². The molecule has 0 N–H and O–H groups in total. The fourth-order valence-corrected chi connectivity index (χ4v) is 2.32. The van der Waals surface area contributed by atoms with Crippen molar-refractivity contribution in [3.05, 3.63) is 72.1 Å². The van der Waals surface area contributed by atoms with Gasteiger partial charge in [0.1, 0.15) is 11.6 Å². The normalized spacial score (nSPS) is 10.2.